The maximum Gasteiger partial charge on any atom is 0.255 e. The summed E-state index contributed by atoms with van der Waals surface area (Å²) in [6.45, 7) is 2.17. The van der Waals surface area contributed by atoms with Crippen LogP contribution in [0.5, 0.6) is 0 Å². The molecule has 0 fully saturated rings. The zero-order valence-electron chi connectivity index (χ0n) is 13.3. The van der Waals surface area contributed by atoms with E-state index in [2.05, 4.69) is 29.8 Å². The largest absolute Gasteiger partial charge is 0.340 e. The summed E-state index contributed by atoms with van der Waals surface area (Å²) in [6, 6.07) is 0. The lowest BCUT2D eigenvalue weighted by Crippen LogP contribution is -2.35. The van der Waals surface area contributed by atoms with Gasteiger partial charge in [-0.2, -0.15) is 0 Å². The Balaban J connectivity index is 1.59. The number of nitrogens with zero attached hydrogens (tertiary/aromatic N) is 6. The van der Waals surface area contributed by atoms with E-state index in [-0.39, 0.29) is 5.56 Å². The minimum Gasteiger partial charge on any atom is -0.340 e. The molecule has 1 N–H and O–H groups in total. The van der Waals surface area contributed by atoms with Crippen LogP contribution in [0.25, 0.3) is 11.4 Å². The van der Waals surface area contributed by atoms with Crippen molar-refractivity contribution in [1.82, 2.24) is 34.4 Å². The molecule has 0 amide bonds. The molecule has 3 aromatic rings. The van der Waals surface area contributed by atoms with Crippen LogP contribution in [0.1, 0.15) is 17.0 Å². The van der Waals surface area contributed by atoms with E-state index in [9.17, 15) is 4.79 Å². The highest BCUT2D eigenvalue weighted by atomic mass is 16.1. The summed E-state index contributed by atoms with van der Waals surface area (Å²) >= 11 is 0. The molecule has 3 aromatic heterocycles. The van der Waals surface area contributed by atoms with Gasteiger partial charge in [0.25, 0.3) is 5.56 Å². The van der Waals surface area contributed by atoms with E-state index in [1.54, 1.807) is 18.7 Å². The molecule has 8 heteroatoms. The summed E-state index contributed by atoms with van der Waals surface area (Å²) in [5, 5.41) is 0. The van der Waals surface area contributed by atoms with Crippen molar-refractivity contribution >= 4 is 0 Å². The van der Waals surface area contributed by atoms with Crippen LogP contribution in [0.4, 0.5) is 0 Å². The van der Waals surface area contributed by atoms with Crippen LogP contribution < -0.4 is 5.56 Å². The van der Waals surface area contributed by atoms with Gasteiger partial charge < -0.3 is 9.55 Å². The molecule has 0 saturated heterocycles. The second kappa shape index (κ2) is 5.97. The predicted octanol–water partition coefficient (Wildman–Crippen LogP) is 0.519. The van der Waals surface area contributed by atoms with E-state index in [0.717, 1.165) is 36.5 Å². The van der Waals surface area contributed by atoms with Crippen LogP contribution in [0.15, 0.2) is 36.0 Å². The first-order valence-electron chi connectivity index (χ1n) is 7.75. The number of hydrogen-bond donors (Lipinski definition) is 1. The molecule has 0 aliphatic carbocycles. The lowest BCUT2D eigenvalue weighted by atomic mass is 10.1. The summed E-state index contributed by atoms with van der Waals surface area (Å²) in [6.07, 6.45) is 9.27. The summed E-state index contributed by atoms with van der Waals surface area (Å²) in [7, 11) is 1.95. The first-order valence-corrected chi connectivity index (χ1v) is 7.75. The second-order valence-electron chi connectivity index (χ2n) is 5.96. The van der Waals surface area contributed by atoms with Gasteiger partial charge in [0.2, 0.25) is 0 Å². The molecule has 0 saturated carbocycles. The predicted molar refractivity (Wildman–Crippen MR) is 86.9 cm³/mol. The minimum absolute atomic E-state index is 0.0930. The number of aryl methyl sites for hydroxylation is 1. The average molecular weight is 323 g/mol. The molecule has 0 atom stereocenters. The van der Waals surface area contributed by atoms with Crippen molar-refractivity contribution in [2.75, 3.05) is 6.54 Å². The number of nitrogens with one attached hydrogen (secondary N) is 1. The topological polar surface area (TPSA) is 92.6 Å². The smallest absolute Gasteiger partial charge is 0.255 e. The molecule has 0 spiro atoms. The number of rotatable bonds is 3. The summed E-state index contributed by atoms with van der Waals surface area (Å²) in [5.41, 5.74) is 3.22. The van der Waals surface area contributed by atoms with E-state index in [1.165, 1.54) is 6.33 Å². The lowest BCUT2D eigenvalue weighted by Gasteiger charge is -2.26. The van der Waals surface area contributed by atoms with Gasteiger partial charge in [0.1, 0.15) is 12.2 Å². The highest BCUT2D eigenvalue weighted by molar-refractivity contribution is 5.52. The number of aromatic amines is 1. The first kappa shape index (κ1) is 14.7. The SMILES string of the molecule is Cn1cnc(CN2CCc3nc(-c4cncnc4)[nH]c(=O)c3C2)c1. The molecule has 8 nitrogen and oxygen atoms in total. The summed E-state index contributed by atoms with van der Waals surface area (Å²) in [5.74, 6) is 0.525. The van der Waals surface area contributed by atoms with Crippen molar-refractivity contribution in [3.05, 3.63) is 58.6 Å². The van der Waals surface area contributed by atoms with Crippen LogP contribution in [-0.4, -0.2) is 40.9 Å². The van der Waals surface area contributed by atoms with Gasteiger partial charge in [-0.05, 0) is 0 Å². The molecule has 4 rings (SSSR count). The van der Waals surface area contributed by atoms with Gasteiger partial charge in [-0.1, -0.05) is 0 Å². The Morgan fingerprint density at radius 2 is 2.12 bits per heavy atom. The first-order chi connectivity index (χ1) is 11.7. The minimum atomic E-state index is -0.0930. The van der Waals surface area contributed by atoms with Crippen molar-refractivity contribution in [2.24, 2.45) is 7.05 Å². The molecular weight excluding hydrogens is 306 g/mol. The third kappa shape index (κ3) is 2.83. The molecule has 0 unspecified atom stereocenters. The molecule has 4 heterocycles. The van der Waals surface area contributed by atoms with E-state index in [0.29, 0.717) is 17.9 Å². The zero-order chi connectivity index (χ0) is 16.5. The Bertz CT molecular complexity index is 916. The molecule has 122 valence electrons. The molecule has 1 aliphatic rings. The fourth-order valence-electron chi connectivity index (χ4n) is 2.95. The molecule has 0 radical (unpaired) electrons. The van der Waals surface area contributed by atoms with Gasteiger partial charge >= 0.3 is 0 Å². The van der Waals surface area contributed by atoms with Crippen LogP contribution in [0.3, 0.4) is 0 Å². The fourth-order valence-corrected chi connectivity index (χ4v) is 2.95. The Kier molecular flexibility index (Phi) is 3.66. The summed E-state index contributed by atoms with van der Waals surface area (Å²) in [4.78, 5) is 34.4. The van der Waals surface area contributed by atoms with Crippen molar-refractivity contribution in [3.63, 3.8) is 0 Å². The number of imidazole rings is 1. The lowest BCUT2D eigenvalue weighted by molar-refractivity contribution is 0.239. The number of fused-ring (bicyclic) bond motifs is 1. The Hall–Kier alpha value is -2.87. The van der Waals surface area contributed by atoms with Crippen molar-refractivity contribution in [1.29, 1.82) is 0 Å². The highest BCUT2D eigenvalue weighted by Crippen LogP contribution is 2.18. The van der Waals surface area contributed by atoms with Crippen LogP contribution in [-0.2, 0) is 26.6 Å². The fraction of sp³-hybridized carbons (Fsp3) is 0.312. The van der Waals surface area contributed by atoms with E-state index in [1.807, 2.05) is 17.8 Å². The van der Waals surface area contributed by atoms with Crippen LogP contribution in [0, 0.1) is 0 Å². The van der Waals surface area contributed by atoms with E-state index in [4.69, 9.17) is 0 Å². The van der Waals surface area contributed by atoms with Gasteiger partial charge in [0.15, 0.2) is 0 Å². The average Bonchev–Trinajstić information content (AvgIpc) is 3.01. The van der Waals surface area contributed by atoms with Crippen LogP contribution in [0.2, 0.25) is 0 Å². The van der Waals surface area contributed by atoms with Gasteiger partial charge in [-0.3, -0.25) is 9.69 Å². The molecule has 0 aromatic carbocycles. The highest BCUT2D eigenvalue weighted by Gasteiger charge is 2.22. The number of H-pyrrole nitrogens is 1. The van der Waals surface area contributed by atoms with Crippen molar-refractivity contribution < 1.29 is 0 Å². The van der Waals surface area contributed by atoms with Crippen molar-refractivity contribution in [2.45, 2.75) is 19.5 Å². The molecule has 1 aliphatic heterocycles. The number of aromatic nitrogens is 6. The second-order valence-corrected chi connectivity index (χ2v) is 5.96. The molecule has 0 bridgehead atoms. The quantitative estimate of drug-likeness (QED) is 0.755. The monoisotopic (exact) mass is 323 g/mol. The van der Waals surface area contributed by atoms with Crippen LogP contribution >= 0.6 is 0 Å². The van der Waals surface area contributed by atoms with E-state index < -0.39 is 0 Å². The third-order valence-corrected chi connectivity index (χ3v) is 4.13. The van der Waals surface area contributed by atoms with Gasteiger partial charge in [0, 0.05) is 51.7 Å². The van der Waals surface area contributed by atoms with Gasteiger partial charge in [-0.15, -0.1) is 0 Å². The standard InChI is InChI=1S/C16H17N7O/c1-22-6-12(19-10-22)7-23-3-2-14-13(8-23)16(24)21-15(20-14)11-4-17-9-18-5-11/h4-6,9-10H,2-3,7-8H2,1H3,(H,20,21,24). The molecular formula is C16H17N7O. The maximum absolute atomic E-state index is 12.5. The summed E-state index contributed by atoms with van der Waals surface area (Å²) < 4.78 is 1.93. The van der Waals surface area contributed by atoms with Crippen molar-refractivity contribution in [3.8, 4) is 11.4 Å². The van der Waals surface area contributed by atoms with Gasteiger partial charge in [0.05, 0.1) is 28.8 Å². The number of hydrogen-bond acceptors (Lipinski definition) is 6. The Morgan fingerprint density at radius 3 is 2.88 bits per heavy atom. The zero-order valence-corrected chi connectivity index (χ0v) is 13.3. The molecule has 24 heavy (non-hydrogen) atoms. The van der Waals surface area contributed by atoms with Gasteiger partial charge in [-0.25, -0.2) is 19.9 Å². The Morgan fingerprint density at radius 1 is 1.29 bits per heavy atom. The van der Waals surface area contributed by atoms with E-state index >= 15 is 0 Å². The third-order valence-electron chi connectivity index (χ3n) is 4.13. The maximum atomic E-state index is 12.5. The normalized spacial score (nSPS) is 14.5. The Labute approximate surface area is 138 Å².